The zero-order chi connectivity index (χ0) is 17.3. The van der Waals surface area contributed by atoms with Gasteiger partial charge in [-0.15, -0.1) is 11.3 Å². The summed E-state index contributed by atoms with van der Waals surface area (Å²) in [7, 11) is -3.54. The monoisotopic (exact) mass is 365 g/mol. The van der Waals surface area contributed by atoms with Crippen LogP contribution >= 0.6 is 11.3 Å². The maximum atomic E-state index is 12.9. The number of carbonyl (C=O) groups excluding carboxylic acids is 1. The van der Waals surface area contributed by atoms with E-state index in [-0.39, 0.29) is 5.91 Å². The number of aryl methyl sites for hydroxylation is 2. The Morgan fingerprint density at radius 2 is 1.88 bits per heavy atom. The standard InChI is InChI=1S/C16H19N3O3S2/c1-12-3-4-13(2)15(9-12)24(21,22)19-7-5-18(6-8-19)16(20)14-10-23-11-17-14/h3-4,9-11H,5-8H2,1-2H3. The van der Waals surface area contributed by atoms with Gasteiger partial charge in [-0.1, -0.05) is 12.1 Å². The summed E-state index contributed by atoms with van der Waals surface area (Å²) in [5.74, 6) is -0.139. The Morgan fingerprint density at radius 1 is 1.17 bits per heavy atom. The molecular weight excluding hydrogens is 346 g/mol. The van der Waals surface area contributed by atoms with E-state index in [9.17, 15) is 13.2 Å². The second kappa shape index (κ2) is 6.62. The average Bonchev–Trinajstić information content (AvgIpc) is 3.11. The van der Waals surface area contributed by atoms with Crippen molar-refractivity contribution in [1.29, 1.82) is 0 Å². The molecule has 1 amide bonds. The molecule has 1 fully saturated rings. The van der Waals surface area contributed by atoms with E-state index >= 15 is 0 Å². The molecule has 0 bridgehead atoms. The van der Waals surface area contributed by atoms with Crippen molar-refractivity contribution in [3.63, 3.8) is 0 Å². The molecule has 0 N–H and O–H groups in total. The highest BCUT2D eigenvalue weighted by atomic mass is 32.2. The van der Waals surface area contributed by atoms with Gasteiger partial charge >= 0.3 is 0 Å². The maximum absolute atomic E-state index is 12.9. The summed E-state index contributed by atoms with van der Waals surface area (Å²) in [5.41, 5.74) is 3.69. The first kappa shape index (κ1) is 17.1. The molecule has 0 radical (unpaired) electrons. The molecular formula is C16H19N3O3S2. The molecule has 2 aromatic rings. The van der Waals surface area contributed by atoms with Crippen molar-refractivity contribution in [2.75, 3.05) is 26.2 Å². The Morgan fingerprint density at radius 3 is 2.50 bits per heavy atom. The summed E-state index contributed by atoms with van der Waals surface area (Å²) in [5, 5.41) is 1.71. The number of thiazole rings is 1. The van der Waals surface area contributed by atoms with Crippen LogP contribution in [-0.2, 0) is 10.0 Å². The zero-order valence-corrected chi connectivity index (χ0v) is 15.2. The molecule has 1 aliphatic heterocycles. The summed E-state index contributed by atoms with van der Waals surface area (Å²) in [6.45, 7) is 5.02. The van der Waals surface area contributed by atoms with E-state index in [0.29, 0.717) is 36.8 Å². The van der Waals surface area contributed by atoms with Gasteiger partial charge in [-0.05, 0) is 31.0 Å². The Labute approximate surface area is 145 Å². The summed E-state index contributed by atoms with van der Waals surface area (Å²) >= 11 is 1.37. The Hall–Kier alpha value is -1.77. The third-order valence-corrected chi connectivity index (χ3v) is 6.77. The molecule has 0 saturated carbocycles. The van der Waals surface area contributed by atoms with Crippen molar-refractivity contribution in [2.24, 2.45) is 0 Å². The van der Waals surface area contributed by atoms with E-state index in [4.69, 9.17) is 0 Å². The lowest BCUT2D eigenvalue weighted by Crippen LogP contribution is -2.50. The fraction of sp³-hybridized carbons (Fsp3) is 0.375. The Bertz CT molecular complexity index is 839. The first-order valence-corrected chi connectivity index (χ1v) is 10.0. The van der Waals surface area contributed by atoms with Gasteiger partial charge in [-0.2, -0.15) is 4.31 Å². The first-order valence-electron chi connectivity index (χ1n) is 7.64. The van der Waals surface area contributed by atoms with E-state index in [1.165, 1.54) is 15.6 Å². The second-order valence-corrected chi connectivity index (χ2v) is 8.46. The largest absolute Gasteiger partial charge is 0.335 e. The lowest BCUT2D eigenvalue weighted by atomic mass is 10.2. The van der Waals surface area contributed by atoms with Crippen LogP contribution in [0.5, 0.6) is 0 Å². The normalized spacial score (nSPS) is 16.3. The van der Waals surface area contributed by atoms with E-state index in [0.717, 1.165) is 11.1 Å². The second-order valence-electron chi connectivity index (χ2n) is 5.84. The van der Waals surface area contributed by atoms with Crippen LogP contribution in [0.25, 0.3) is 0 Å². The molecule has 2 heterocycles. The summed E-state index contributed by atoms with van der Waals surface area (Å²) in [6.07, 6.45) is 0. The van der Waals surface area contributed by atoms with E-state index < -0.39 is 10.0 Å². The van der Waals surface area contributed by atoms with Gasteiger partial charge in [0, 0.05) is 31.6 Å². The minimum absolute atomic E-state index is 0.139. The van der Waals surface area contributed by atoms with Gasteiger partial charge in [0.15, 0.2) is 0 Å². The number of hydrogen-bond acceptors (Lipinski definition) is 5. The number of rotatable bonds is 3. The molecule has 0 unspecified atom stereocenters. The number of hydrogen-bond donors (Lipinski definition) is 0. The number of benzene rings is 1. The molecule has 3 rings (SSSR count). The summed E-state index contributed by atoms with van der Waals surface area (Å²) in [6, 6.07) is 5.43. The number of carbonyl (C=O) groups is 1. The van der Waals surface area contributed by atoms with Crippen molar-refractivity contribution in [1.82, 2.24) is 14.2 Å². The predicted octanol–water partition coefficient (Wildman–Crippen LogP) is 1.91. The third kappa shape index (κ3) is 3.22. The van der Waals surface area contributed by atoms with Gasteiger partial charge < -0.3 is 4.90 Å². The van der Waals surface area contributed by atoms with Crippen LogP contribution in [0.15, 0.2) is 34.0 Å². The minimum Gasteiger partial charge on any atom is -0.335 e. The van der Waals surface area contributed by atoms with Crippen LogP contribution in [0.1, 0.15) is 21.6 Å². The first-order chi connectivity index (χ1) is 11.4. The fourth-order valence-electron chi connectivity index (χ4n) is 2.74. The molecule has 6 nitrogen and oxygen atoms in total. The number of sulfonamides is 1. The van der Waals surface area contributed by atoms with Crippen molar-refractivity contribution in [3.8, 4) is 0 Å². The van der Waals surface area contributed by atoms with Crippen molar-refractivity contribution < 1.29 is 13.2 Å². The summed E-state index contributed by atoms with van der Waals surface area (Å²) in [4.78, 5) is 18.3. The molecule has 1 aliphatic rings. The highest BCUT2D eigenvalue weighted by Crippen LogP contribution is 2.22. The van der Waals surface area contributed by atoms with E-state index in [1.807, 2.05) is 19.1 Å². The molecule has 1 aromatic heterocycles. The number of amides is 1. The van der Waals surface area contributed by atoms with Crippen LogP contribution in [0.4, 0.5) is 0 Å². The maximum Gasteiger partial charge on any atom is 0.273 e. The molecule has 1 saturated heterocycles. The number of aromatic nitrogens is 1. The van der Waals surface area contributed by atoms with Crippen LogP contribution < -0.4 is 0 Å². The number of nitrogens with zero attached hydrogens (tertiary/aromatic N) is 3. The van der Waals surface area contributed by atoms with E-state index in [2.05, 4.69) is 4.98 Å². The molecule has 0 spiro atoms. The van der Waals surface area contributed by atoms with Crippen LogP contribution in [-0.4, -0.2) is 54.7 Å². The minimum atomic E-state index is -3.54. The van der Waals surface area contributed by atoms with Gasteiger partial charge in [0.05, 0.1) is 10.4 Å². The lowest BCUT2D eigenvalue weighted by molar-refractivity contribution is 0.0693. The SMILES string of the molecule is Cc1ccc(C)c(S(=O)(=O)N2CCN(C(=O)c3cscn3)CC2)c1. The highest BCUT2D eigenvalue weighted by molar-refractivity contribution is 7.89. The van der Waals surface area contributed by atoms with E-state index in [1.54, 1.807) is 28.8 Å². The van der Waals surface area contributed by atoms with Crippen molar-refractivity contribution >= 4 is 27.3 Å². The fourth-order valence-corrected chi connectivity index (χ4v) is 4.99. The van der Waals surface area contributed by atoms with Gasteiger partial charge in [0.2, 0.25) is 10.0 Å². The van der Waals surface area contributed by atoms with Gasteiger partial charge in [-0.3, -0.25) is 4.79 Å². The highest BCUT2D eigenvalue weighted by Gasteiger charge is 2.31. The van der Waals surface area contributed by atoms with Crippen molar-refractivity contribution in [2.45, 2.75) is 18.7 Å². The topological polar surface area (TPSA) is 70.6 Å². The quantitative estimate of drug-likeness (QED) is 0.833. The third-order valence-electron chi connectivity index (χ3n) is 4.14. The van der Waals surface area contributed by atoms with Crippen LogP contribution in [0, 0.1) is 13.8 Å². The predicted molar refractivity (Wildman–Crippen MR) is 92.7 cm³/mol. The average molecular weight is 365 g/mol. The molecule has 0 atom stereocenters. The van der Waals surface area contributed by atoms with Crippen LogP contribution in [0.3, 0.4) is 0 Å². The molecule has 0 aliphatic carbocycles. The summed E-state index contributed by atoms with van der Waals surface area (Å²) < 4.78 is 27.2. The van der Waals surface area contributed by atoms with Gasteiger partial charge in [-0.25, -0.2) is 13.4 Å². The van der Waals surface area contributed by atoms with Gasteiger partial charge in [0.25, 0.3) is 5.91 Å². The van der Waals surface area contributed by atoms with Gasteiger partial charge in [0.1, 0.15) is 5.69 Å². The smallest absolute Gasteiger partial charge is 0.273 e. The molecule has 24 heavy (non-hydrogen) atoms. The Balaban J connectivity index is 1.74. The van der Waals surface area contributed by atoms with Crippen LogP contribution in [0.2, 0.25) is 0 Å². The molecule has 128 valence electrons. The lowest BCUT2D eigenvalue weighted by Gasteiger charge is -2.34. The Kier molecular flexibility index (Phi) is 4.71. The number of piperazine rings is 1. The molecule has 1 aromatic carbocycles. The molecule has 8 heteroatoms. The zero-order valence-electron chi connectivity index (χ0n) is 13.6. The van der Waals surface area contributed by atoms with Crippen molar-refractivity contribution in [3.05, 3.63) is 45.9 Å².